The molecule has 6 rings (SSSR count). The highest BCUT2D eigenvalue weighted by atomic mass is 19.1. The van der Waals surface area contributed by atoms with Crippen LogP contribution in [0.4, 0.5) is 10.1 Å². The molecule has 0 amide bonds. The van der Waals surface area contributed by atoms with Gasteiger partial charge < -0.3 is 19.6 Å². The van der Waals surface area contributed by atoms with E-state index >= 15 is 0 Å². The maximum atomic E-state index is 13.8. The van der Waals surface area contributed by atoms with Gasteiger partial charge >= 0.3 is 5.97 Å². The van der Waals surface area contributed by atoms with Crippen LogP contribution in [0.25, 0.3) is 11.1 Å². The van der Waals surface area contributed by atoms with Crippen LogP contribution in [0.1, 0.15) is 92.8 Å². The van der Waals surface area contributed by atoms with E-state index in [0.717, 1.165) is 117 Å². The van der Waals surface area contributed by atoms with Gasteiger partial charge in [-0.1, -0.05) is 38.1 Å². The van der Waals surface area contributed by atoms with Crippen LogP contribution in [0.5, 0.6) is 0 Å². The standard InChI is InChI=1S/C42H58FN5O3/c1-28-23-34(43)12-11-32(28)25-47-16-13-30-24-31(9-10-33(30)26-47)37-35(27-46-21-19-45(8)20-22-46)44-29(2)36(39(40(49)50)51-41(3,4)5)38(37)48-17-14-42(6,7)15-18-48/h9-12,23-24,39H,13-22,25-27H2,1-8H3,(H,49,50). The van der Waals surface area contributed by atoms with Crippen LogP contribution in [-0.2, 0) is 35.6 Å². The van der Waals surface area contributed by atoms with Gasteiger partial charge in [0.15, 0.2) is 6.10 Å². The Bertz CT molecular complexity index is 1730. The number of benzene rings is 2. The third kappa shape index (κ3) is 8.82. The average Bonchev–Trinajstić information content (AvgIpc) is 3.05. The number of anilines is 1. The molecule has 276 valence electrons. The first-order valence-electron chi connectivity index (χ1n) is 18.8. The van der Waals surface area contributed by atoms with Gasteiger partial charge in [0.25, 0.3) is 0 Å². The summed E-state index contributed by atoms with van der Waals surface area (Å²) in [7, 11) is 2.17. The number of nitrogens with zero attached hydrogens (tertiary/aromatic N) is 5. The number of likely N-dealkylation sites (N-methyl/N-ethyl adjacent to an activating group) is 1. The lowest BCUT2D eigenvalue weighted by atomic mass is 9.81. The van der Waals surface area contributed by atoms with E-state index in [-0.39, 0.29) is 11.2 Å². The molecule has 0 spiro atoms. The fourth-order valence-corrected chi connectivity index (χ4v) is 7.94. The van der Waals surface area contributed by atoms with Crippen LogP contribution in [0.15, 0.2) is 36.4 Å². The summed E-state index contributed by atoms with van der Waals surface area (Å²) in [5.74, 6) is -1.19. The van der Waals surface area contributed by atoms with Crippen molar-refractivity contribution in [3.05, 3.63) is 81.4 Å². The van der Waals surface area contributed by atoms with Crippen molar-refractivity contribution in [1.29, 1.82) is 0 Å². The number of piperidine rings is 1. The summed E-state index contributed by atoms with van der Waals surface area (Å²) in [5.41, 5.74) is 9.83. The van der Waals surface area contributed by atoms with Crippen LogP contribution in [0, 0.1) is 25.1 Å². The molecule has 1 atom stereocenters. The summed E-state index contributed by atoms with van der Waals surface area (Å²) in [4.78, 5) is 28.2. The monoisotopic (exact) mass is 699 g/mol. The van der Waals surface area contributed by atoms with Gasteiger partial charge in [0, 0.05) is 82.3 Å². The number of hydrogen-bond donors (Lipinski definition) is 1. The minimum atomic E-state index is -1.15. The number of ether oxygens (including phenoxy) is 1. The topological polar surface area (TPSA) is 72.4 Å². The first-order valence-corrected chi connectivity index (χ1v) is 18.8. The van der Waals surface area contributed by atoms with Gasteiger partial charge in [-0.2, -0.15) is 0 Å². The molecule has 1 unspecified atom stereocenters. The summed E-state index contributed by atoms with van der Waals surface area (Å²) in [6, 6.07) is 11.9. The van der Waals surface area contributed by atoms with Crippen molar-refractivity contribution in [2.75, 3.05) is 57.8 Å². The van der Waals surface area contributed by atoms with Crippen LogP contribution >= 0.6 is 0 Å². The van der Waals surface area contributed by atoms with E-state index in [2.05, 4.69) is 58.7 Å². The SMILES string of the molecule is Cc1cc(F)ccc1CN1CCc2cc(-c3c(CN4CCN(C)CC4)nc(C)c(C(OC(C)(C)C)C(=O)O)c3N3CCC(C)(C)CC3)ccc2C1. The first kappa shape index (κ1) is 37.4. The Hall–Kier alpha value is -3.37. The van der Waals surface area contributed by atoms with Crippen molar-refractivity contribution in [2.45, 2.75) is 99.1 Å². The van der Waals surface area contributed by atoms with Crippen molar-refractivity contribution in [1.82, 2.24) is 19.7 Å². The number of aryl methyl sites for hydroxylation is 2. The molecular weight excluding hydrogens is 641 g/mol. The molecule has 0 saturated carbocycles. The van der Waals surface area contributed by atoms with Crippen molar-refractivity contribution in [2.24, 2.45) is 5.41 Å². The highest BCUT2D eigenvalue weighted by Crippen LogP contribution is 2.46. The molecule has 2 fully saturated rings. The second-order valence-corrected chi connectivity index (χ2v) is 17.0. The van der Waals surface area contributed by atoms with Gasteiger partial charge in [-0.25, -0.2) is 9.18 Å². The number of carbonyl (C=O) groups is 1. The van der Waals surface area contributed by atoms with Gasteiger partial charge in [0.1, 0.15) is 5.82 Å². The largest absolute Gasteiger partial charge is 0.479 e. The highest BCUT2D eigenvalue weighted by Gasteiger charge is 2.37. The zero-order valence-electron chi connectivity index (χ0n) is 32.1. The van der Waals surface area contributed by atoms with Crippen LogP contribution in [0.3, 0.4) is 0 Å². The molecule has 0 aliphatic carbocycles. The van der Waals surface area contributed by atoms with Gasteiger partial charge in [-0.15, -0.1) is 0 Å². The second-order valence-electron chi connectivity index (χ2n) is 17.0. The normalized spacial score (nSPS) is 19.6. The molecule has 1 N–H and O–H groups in total. The molecular formula is C42H58FN5O3. The lowest BCUT2D eigenvalue weighted by Crippen LogP contribution is -2.44. The third-order valence-electron chi connectivity index (χ3n) is 11.1. The number of aromatic nitrogens is 1. The number of carboxylic acid groups (broad SMARTS) is 1. The minimum absolute atomic E-state index is 0.194. The lowest BCUT2D eigenvalue weighted by Gasteiger charge is -2.41. The Morgan fingerprint density at radius 1 is 0.941 bits per heavy atom. The predicted molar refractivity (Wildman–Crippen MR) is 203 cm³/mol. The number of aliphatic carboxylic acids is 1. The van der Waals surface area contributed by atoms with Crippen molar-refractivity contribution in [3.8, 4) is 11.1 Å². The number of pyridine rings is 1. The molecule has 3 aliphatic heterocycles. The van der Waals surface area contributed by atoms with Gasteiger partial charge in [-0.05, 0) is 106 Å². The number of rotatable bonds is 9. The van der Waals surface area contributed by atoms with Crippen LogP contribution in [-0.4, -0.2) is 89.2 Å². The fraction of sp³-hybridized carbons (Fsp3) is 0.571. The van der Waals surface area contributed by atoms with E-state index in [4.69, 9.17) is 9.72 Å². The second kappa shape index (κ2) is 14.9. The fourth-order valence-electron chi connectivity index (χ4n) is 7.94. The maximum absolute atomic E-state index is 13.8. The molecule has 51 heavy (non-hydrogen) atoms. The Balaban J connectivity index is 1.46. The van der Waals surface area contributed by atoms with Crippen LogP contribution < -0.4 is 4.90 Å². The molecule has 9 heteroatoms. The molecule has 0 bridgehead atoms. The zero-order valence-corrected chi connectivity index (χ0v) is 32.1. The van der Waals surface area contributed by atoms with E-state index in [9.17, 15) is 14.3 Å². The molecule has 3 aliphatic rings. The van der Waals surface area contributed by atoms with E-state index in [0.29, 0.717) is 12.1 Å². The Kier molecular flexibility index (Phi) is 10.9. The maximum Gasteiger partial charge on any atom is 0.337 e. The van der Waals surface area contributed by atoms with E-state index in [1.807, 2.05) is 40.7 Å². The third-order valence-corrected chi connectivity index (χ3v) is 11.1. The Morgan fingerprint density at radius 2 is 1.65 bits per heavy atom. The van der Waals surface area contributed by atoms with Crippen molar-refractivity contribution >= 4 is 11.7 Å². The number of hydrogen-bond acceptors (Lipinski definition) is 7. The quantitative estimate of drug-likeness (QED) is 0.248. The molecule has 8 nitrogen and oxygen atoms in total. The van der Waals surface area contributed by atoms with E-state index in [1.54, 1.807) is 12.1 Å². The molecule has 0 radical (unpaired) electrons. The van der Waals surface area contributed by atoms with Gasteiger partial charge in [0.05, 0.1) is 17.0 Å². The molecule has 4 heterocycles. The van der Waals surface area contributed by atoms with Crippen LogP contribution in [0.2, 0.25) is 0 Å². The Labute approximate surface area is 304 Å². The predicted octanol–water partition coefficient (Wildman–Crippen LogP) is 7.38. The summed E-state index contributed by atoms with van der Waals surface area (Å²) in [6.07, 6.45) is 1.79. The number of piperazine rings is 1. The lowest BCUT2D eigenvalue weighted by molar-refractivity contribution is -0.160. The molecule has 3 aromatic rings. The van der Waals surface area contributed by atoms with Crippen molar-refractivity contribution in [3.63, 3.8) is 0 Å². The minimum Gasteiger partial charge on any atom is -0.479 e. The summed E-state index contributed by atoms with van der Waals surface area (Å²) < 4.78 is 20.2. The summed E-state index contributed by atoms with van der Waals surface area (Å²) in [6.45, 7) is 23.2. The van der Waals surface area contributed by atoms with E-state index < -0.39 is 17.7 Å². The molecule has 2 saturated heterocycles. The first-order chi connectivity index (χ1) is 24.1. The Morgan fingerprint density at radius 3 is 2.29 bits per heavy atom. The molecule has 1 aromatic heterocycles. The van der Waals surface area contributed by atoms with Gasteiger partial charge in [0.2, 0.25) is 0 Å². The summed E-state index contributed by atoms with van der Waals surface area (Å²) in [5, 5.41) is 10.7. The molecule has 2 aromatic carbocycles. The average molecular weight is 700 g/mol. The number of halogens is 1. The zero-order chi connectivity index (χ0) is 36.7. The number of carboxylic acids is 1. The van der Waals surface area contributed by atoms with E-state index in [1.165, 1.54) is 11.1 Å². The van der Waals surface area contributed by atoms with Gasteiger partial charge in [-0.3, -0.25) is 14.8 Å². The van der Waals surface area contributed by atoms with Crippen molar-refractivity contribution < 1.29 is 19.0 Å². The number of fused-ring (bicyclic) bond motifs is 1. The highest BCUT2D eigenvalue weighted by molar-refractivity contribution is 5.88. The summed E-state index contributed by atoms with van der Waals surface area (Å²) >= 11 is 0. The smallest absolute Gasteiger partial charge is 0.337 e.